The van der Waals surface area contributed by atoms with E-state index < -0.39 is 5.97 Å². The number of nitrogens with zero attached hydrogens (tertiary/aromatic N) is 1. The second kappa shape index (κ2) is 4.16. The molecule has 1 aromatic carbocycles. The lowest BCUT2D eigenvalue weighted by Gasteiger charge is -2.28. The molecule has 0 saturated carbocycles. The van der Waals surface area contributed by atoms with Crippen LogP contribution in [0, 0.1) is 5.92 Å². The standard InChI is InChI=1S/C13H17NO2/c1-3-14-11-7-5-4-6-10(11)8-12(14)9(2)13(15)16/h4-7,9,12H,3,8H2,1-2H3,(H,15,16). The minimum Gasteiger partial charge on any atom is -0.481 e. The number of benzene rings is 1. The predicted molar refractivity (Wildman–Crippen MR) is 63.8 cm³/mol. The Labute approximate surface area is 95.7 Å². The maximum atomic E-state index is 11.1. The number of rotatable bonds is 3. The Morgan fingerprint density at radius 1 is 1.56 bits per heavy atom. The van der Waals surface area contributed by atoms with Gasteiger partial charge in [-0.25, -0.2) is 0 Å². The first-order chi connectivity index (χ1) is 7.65. The van der Waals surface area contributed by atoms with Gasteiger partial charge in [0.1, 0.15) is 0 Å². The second-order valence-corrected chi connectivity index (χ2v) is 4.31. The Morgan fingerprint density at radius 3 is 2.88 bits per heavy atom. The Morgan fingerprint density at radius 2 is 2.25 bits per heavy atom. The molecular formula is C13H17NO2. The largest absolute Gasteiger partial charge is 0.481 e. The third-order valence-electron chi connectivity index (χ3n) is 3.44. The molecule has 3 nitrogen and oxygen atoms in total. The molecule has 2 unspecified atom stereocenters. The summed E-state index contributed by atoms with van der Waals surface area (Å²) in [5, 5.41) is 9.11. The lowest BCUT2D eigenvalue weighted by molar-refractivity contribution is -0.141. The van der Waals surface area contributed by atoms with Gasteiger partial charge in [0.05, 0.1) is 5.92 Å². The fourth-order valence-electron chi connectivity index (χ4n) is 2.49. The van der Waals surface area contributed by atoms with Gasteiger partial charge < -0.3 is 10.0 Å². The number of fused-ring (bicyclic) bond motifs is 1. The van der Waals surface area contributed by atoms with E-state index >= 15 is 0 Å². The van der Waals surface area contributed by atoms with Crippen LogP contribution >= 0.6 is 0 Å². The molecule has 0 saturated heterocycles. The number of carbonyl (C=O) groups is 1. The minimum absolute atomic E-state index is 0.0971. The summed E-state index contributed by atoms with van der Waals surface area (Å²) in [6.07, 6.45) is 0.845. The number of carboxylic acids is 1. The van der Waals surface area contributed by atoms with Crippen LogP contribution in [0.3, 0.4) is 0 Å². The first kappa shape index (κ1) is 11.0. The van der Waals surface area contributed by atoms with Gasteiger partial charge >= 0.3 is 5.97 Å². The molecule has 3 heteroatoms. The summed E-state index contributed by atoms with van der Waals surface area (Å²) < 4.78 is 0. The monoisotopic (exact) mass is 219 g/mol. The molecule has 1 aromatic rings. The molecule has 2 atom stereocenters. The van der Waals surface area contributed by atoms with Gasteiger partial charge in [-0.1, -0.05) is 18.2 Å². The van der Waals surface area contributed by atoms with E-state index in [1.807, 2.05) is 12.1 Å². The first-order valence-electron chi connectivity index (χ1n) is 5.72. The van der Waals surface area contributed by atoms with E-state index in [4.69, 9.17) is 5.11 Å². The van der Waals surface area contributed by atoms with Crippen LogP contribution in [-0.4, -0.2) is 23.7 Å². The molecule has 0 aliphatic carbocycles. The number of aliphatic carboxylic acids is 1. The van der Waals surface area contributed by atoms with E-state index in [1.165, 1.54) is 11.3 Å². The Bertz CT molecular complexity index is 403. The molecule has 0 amide bonds. The topological polar surface area (TPSA) is 40.5 Å². The van der Waals surface area contributed by atoms with Crippen LogP contribution in [0.1, 0.15) is 19.4 Å². The number of hydrogen-bond donors (Lipinski definition) is 1. The van der Waals surface area contributed by atoms with Gasteiger partial charge in [-0.3, -0.25) is 4.79 Å². The van der Waals surface area contributed by atoms with Crippen molar-refractivity contribution in [2.45, 2.75) is 26.3 Å². The van der Waals surface area contributed by atoms with Crippen molar-refractivity contribution < 1.29 is 9.90 Å². The molecule has 0 radical (unpaired) electrons. The van der Waals surface area contributed by atoms with E-state index in [1.54, 1.807) is 6.92 Å². The first-order valence-corrected chi connectivity index (χ1v) is 5.72. The third-order valence-corrected chi connectivity index (χ3v) is 3.44. The van der Waals surface area contributed by atoms with Crippen molar-refractivity contribution in [2.24, 2.45) is 5.92 Å². The van der Waals surface area contributed by atoms with Crippen LogP contribution in [0.4, 0.5) is 5.69 Å². The quantitative estimate of drug-likeness (QED) is 0.846. The number of carboxylic acid groups (broad SMARTS) is 1. The summed E-state index contributed by atoms with van der Waals surface area (Å²) in [7, 11) is 0. The summed E-state index contributed by atoms with van der Waals surface area (Å²) in [4.78, 5) is 13.3. The van der Waals surface area contributed by atoms with Crippen molar-refractivity contribution in [3.63, 3.8) is 0 Å². The highest BCUT2D eigenvalue weighted by atomic mass is 16.4. The van der Waals surface area contributed by atoms with Crippen LogP contribution in [-0.2, 0) is 11.2 Å². The van der Waals surface area contributed by atoms with E-state index in [0.29, 0.717) is 0 Å². The fourth-order valence-corrected chi connectivity index (χ4v) is 2.49. The summed E-state index contributed by atoms with van der Waals surface area (Å²) >= 11 is 0. The smallest absolute Gasteiger partial charge is 0.308 e. The van der Waals surface area contributed by atoms with Crippen molar-refractivity contribution in [1.29, 1.82) is 0 Å². The van der Waals surface area contributed by atoms with Gasteiger partial charge in [0.25, 0.3) is 0 Å². The average Bonchev–Trinajstić information content (AvgIpc) is 2.65. The molecule has 1 aliphatic heterocycles. The van der Waals surface area contributed by atoms with Gasteiger partial charge in [0, 0.05) is 18.3 Å². The molecule has 0 aromatic heterocycles. The summed E-state index contributed by atoms with van der Waals surface area (Å²) in [5.74, 6) is -1.04. The summed E-state index contributed by atoms with van der Waals surface area (Å²) in [6.45, 7) is 4.73. The van der Waals surface area contributed by atoms with Crippen molar-refractivity contribution in [1.82, 2.24) is 0 Å². The van der Waals surface area contributed by atoms with E-state index in [0.717, 1.165) is 13.0 Å². The molecule has 0 fully saturated rings. The highest BCUT2D eigenvalue weighted by Gasteiger charge is 2.34. The van der Waals surface area contributed by atoms with Gasteiger partial charge in [-0.15, -0.1) is 0 Å². The minimum atomic E-state index is -0.712. The van der Waals surface area contributed by atoms with Crippen LogP contribution in [0.5, 0.6) is 0 Å². The maximum Gasteiger partial charge on any atom is 0.308 e. The van der Waals surface area contributed by atoms with Crippen LogP contribution in [0.25, 0.3) is 0 Å². The van der Waals surface area contributed by atoms with Crippen molar-refractivity contribution >= 4 is 11.7 Å². The van der Waals surface area contributed by atoms with Gasteiger partial charge in [-0.05, 0) is 31.9 Å². The number of anilines is 1. The molecule has 16 heavy (non-hydrogen) atoms. The number of para-hydroxylation sites is 1. The fraction of sp³-hybridized carbons (Fsp3) is 0.462. The maximum absolute atomic E-state index is 11.1. The molecule has 1 heterocycles. The number of hydrogen-bond acceptors (Lipinski definition) is 2. The van der Waals surface area contributed by atoms with Crippen LogP contribution in [0.2, 0.25) is 0 Å². The zero-order valence-electron chi connectivity index (χ0n) is 9.68. The van der Waals surface area contributed by atoms with Crippen molar-refractivity contribution in [3.8, 4) is 0 Å². The Kier molecular flexibility index (Phi) is 2.86. The predicted octanol–water partition coefficient (Wildman–Crippen LogP) is 2.16. The molecule has 86 valence electrons. The molecule has 0 spiro atoms. The molecule has 1 N–H and O–H groups in total. The SMILES string of the molecule is CCN1c2ccccc2CC1C(C)C(=O)O. The second-order valence-electron chi connectivity index (χ2n) is 4.31. The van der Waals surface area contributed by atoms with E-state index in [9.17, 15) is 4.79 Å². The summed E-state index contributed by atoms with van der Waals surface area (Å²) in [5.41, 5.74) is 2.46. The lowest BCUT2D eigenvalue weighted by Crippen LogP contribution is -2.40. The zero-order chi connectivity index (χ0) is 11.7. The highest BCUT2D eigenvalue weighted by molar-refractivity contribution is 5.73. The number of likely N-dealkylation sites (N-methyl/N-ethyl adjacent to an activating group) is 1. The van der Waals surface area contributed by atoms with E-state index in [-0.39, 0.29) is 12.0 Å². The summed E-state index contributed by atoms with van der Waals surface area (Å²) in [6, 6.07) is 8.29. The van der Waals surface area contributed by atoms with Crippen LogP contribution in [0.15, 0.2) is 24.3 Å². The lowest BCUT2D eigenvalue weighted by atomic mass is 9.98. The van der Waals surface area contributed by atoms with Crippen molar-refractivity contribution in [3.05, 3.63) is 29.8 Å². The van der Waals surface area contributed by atoms with Crippen LogP contribution < -0.4 is 4.90 Å². The third kappa shape index (κ3) is 1.66. The average molecular weight is 219 g/mol. The molecule has 0 bridgehead atoms. The van der Waals surface area contributed by atoms with Gasteiger partial charge in [0.15, 0.2) is 0 Å². The zero-order valence-corrected chi connectivity index (χ0v) is 9.68. The van der Waals surface area contributed by atoms with E-state index in [2.05, 4.69) is 24.0 Å². The van der Waals surface area contributed by atoms with Crippen molar-refractivity contribution in [2.75, 3.05) is 11.4 Å². The van der Waals surface area contributed by atoms with Gasteiger partial charge in [-0.2, -0.15) is 0 Å². The highest BCUT2D eigenvalue weighted by Crippen LogP contribution is 2.34. The Balaban J connectivity index is 2.31. The Hall–Kier alpha value is -1.51. The van der Waals surface area contributed by atoms with Gasteiger partial charge in [0.2, 0.25) is 0 Å². The molecule has 1 aliphatic rings. The molecule has 2 rings (SSSR count). The molecular weight excluding hydrogens is 202 g/mol. The normalized spacial score (nSPS) is 20.6.